The Morgan fingerprint density at radius 1 is 0.892 bits per heavy atom. The van der Waals surface area contributed by atoms with Gasteiger partial charge in [-0.2, -0.15) is 0 Å². The van der Waals surface area contributed by atoms with Crippen LogP contribution >= 0.6 is 11.3 Å². The smallest absolute Gasteiger partial charge is 0.225 e. The molecule has 198 valence electrons. The second-order valence-electron chi connectivity index (χ2n) is 9.31. The molecule has 0 saturated carbocycles. The Labute approximate surface area is 221 Å². The molecule has 2 saturated heterocycles. The van der Waals surface area contributed by atoms with E-state index in [-0.39, 0.29) is 11.8 Å². The van der Waals surface area contributed by atoms with Gasteiger partial charge in [0.1, 0.15) is 0 Å². The molecular weight excluding hydrogens is 492 g/mol. The second-order valence-corrected chi connectivity index (χ2v) is 10.2. The Morgan fingerprint density at radius 2 is 1.57 bits per heavy atom. The number of aromatic nitrogens is 3. The van der Waals surface area contributed by atoms with Crippen LogP contribution in [0.4, 0.5) is 5.13 Å². The zero-order chi connectivity index (χ0) is 25.8. The van der Waals surface area contributed by atoms with Crippen LogP contribution in [-0.4, -0.2) is 91.1 Å². The first kappa shape index (κ1) is 25.3. The van der Waals surface area contributed by atoms with Crippen LogP contribution in [0, 0.1) is 5.92 Å². The van der Waals surface area contributed by atoms with E-state index >= 15 is 0 Å². The van der Waals surface area contributed by atoms with E-state index in [2.05, 4.69) is 20.0 Å². The summed E-state index contributed by atoms with van der Waals surface area (Å²) >= 11 is 1.58. The molecule has 10 nitrogen and oxygen atoms in total. The van der Waals surface area contributed by atoms with Crippen LogP contribution in [0.3, 0.4) is 0 Å². The first-order valence-corrected chi connectivity index (χ1v) is 13.4. The Morgan fingerprint density at radius 3 is 2.22 bits per heavy atom. The lowest BCUT2D eigenvalue weighted by Crippen LogP contribution is -2.51. The van der Waals surface area contributed by atoms with Gasteiger partial charge in [0.25, 0.3) is 0 Å². The van der Waals surface area contributed by atoms with Crippen molar-refractivity contribution in [3.05, 3.63) is 42.2 Å². The van der Waals surface area contributed by atoms with E-state index in [4.69, 9.17) is 14.2 Å². The fourth-order valence-electron chi connectivity index (χ4n) is 5.13. The number of rotatable bonds is 8. The zero-order valence-electron chi connectivity index (χ0n) is 21.6. The normalized spacial score (nSPS) is 17.2. The fraction of sp³-hybridized carbons (Fsp3) is 0.500. The van der Waals surface area contributed by atoms with E-state index in [1.807, 2.05) is 46.1 Å². The molecule has 11 heteroatoms. The first-order valence-electron chi connectivity index (χ1n) is 12.6. The molecule has 2 aliphatic heterocycles. The molecule has 0 atom stereocenters. The zero-order valence-corrected chi connectivity index (χ0v) is 22.4. The maximum absolute atomic E-state index is 13.3. The van der Waals surface area contributed by atoms with Gasteiger partial charge in [-0.1, -0.05) is 17.4 Å². The van der Waals surface area contributed by atoms with Crippen LogP contribution in [0.2, 0.25) is 0 Å². The van der Waals surface area contributed by atoms with Gasteiger partial charge in [0.2, 0.25) is 21.9 Å². The van der Waals surface area contributed by atoms with Gasteiger partial charge in [-0.3, -0.25) is 14.3 Å². The lowest BCUT2D eigenvalue weighted by molar-refractivity contribution is -0.138. The Balaban J connectivity index is 1.12. The third kappa shape index (κ3) is 5.37. The highest BCUT2D eigenvalue weighted by molar-refractivity contribution is 7.17. The number of hydrogen-bond donors (Lipinski definition) is 0. The maximum Gasteiger partial charge on any atom is 0.225 e. The van der Waals surface area contributed by atoms with E-state index in [9.17, 15) is 4.79 Å². The van der Waals surface area contributed by atoms with Crippen molar-refractivity contribution in [2.24, 2.45) is 5.92 Å². The summed E-state index contributed by atoms with van der Waals surface area (Å²) in [6.07, 6.45) is 5.64. The lowest BCUT2D eigenvalue weighted by atomic mass is 9.95. The van der Waals surface area contributed by atoms with Crippen LogP contribution in [-0.2, 0) is 11.3 Å². The summed E-state index contributed by atoms with van der Waals surface area (Å²) in [5.74, 6) is 2.32. The number of methoxy groups -OCH3 is 3. The number of carbonyl (C=O) groups is 1. The summed E-state index contributed by atoms with van der Waals surface area (Å²) in [6, 6.07) is 7.88. The largest absolute Gasteiger partial charge is 0.493 e. The highest BCUT2D eigenvalue weighted by Gasteiger charge is 2.31. The minimum Gasteiger partial charge on any atom is -0.493 e. The summed E-state index contributed by atoms with van der Waals surface area (Å²) in [4.78, 5) is 19.9. The summed E-state index contributed by atoms with van der Waals surface area (Å²) in [6.45, 7) is 5.53. The van der Waals surface area contributed by atoms with Gasteiger partial charge in [-0.05, 0) is 31.0 Å². The van der Waals surface area contributed by atoms with Gasteiger partial charge >= 0.3 is 0 Å². The number of nitrogens with zero attached hydrogens (tertiary/aromatic N) is 6. The van der Waals surface area contributed by atoms with Crippen LogP contribution in [0.25, 0.3) is 5.13 Å². The van der Waals surface area contributed by atoms with Crippen molar-refractivity contribution in [1.29, 1.82) is 0 Å². The lowest BCUT2D eigenvalue weighted by Gasteiger charge is -2.38. The Hall–Kier alpha value is -3.31. The van der Waals surface area contributed by atoms with Crippen molar-refractivity contribution in [1.82, 2.24) is 24.6 Å². The molecule has 0 spiro atoms. The average Bonchev–Trinajstić information content (AvgIpc) is 3.65. The molecule has 0 unspecified atom stereocenters. The summed E-state index contributed by atoms with van der Waals surface area (Å²) in [7, 11) is 4.89. The van der Waals surface area contributed by atoms with Gasteiger partial charge < -0.3 is 24.0 Å². The molecule has 3 aromatic rings. The minimum atomic E-state index is 0.0746. The van der Waals surface area contributed by atoms with Crippen LogP contribution < -0.4 is 19.1 Å². The minimum absolute atomic E-state index is 0.0746. The summed E-state index contributed by atoms with van der Waals surface area (Å²) in [5, 5.41) is 10.5. The van der Waals surface area contributed by atoms with Crippen LogP contribution in [0.5, 0.6) is 17.2 Å². The molecule has 4 heterocycles. The quantitative estimate of drug-likeness (QED) is 0.443. The highest BCUT2D eigenvalue weighted by Crippen LogP contribution is 2.40. The Kier molecular flexibility index (Phi) is 7.80. The van der Waals surface area contributed by atoms with Crippen molar-refractivity contribution in [3.63, 3.8) is 0 Å². The van der Waals surface area contributed by atoms with Crippen LogP contribution in [0.15, 0.2) is 36.7 Å². The molecule has 0 bridgehead atoms. The topological polar surface area (TPSA) is 85.2 Å². The van der Waals surface area contributed by atoms with Gasteiger partial charge in [-0.15, -0.1) is 10.2 Å². The second kappa shape index (κ2) is 11.4. The first-order chi connectivity index (χ1) is 18.1. The molecule has 0 aliphatic carbocycles. The van der Waals surface area contributed by atoms with Gasteiger partial charge in [-0.25, -0.2) is 0 Å². The predicted octanol–water partition coefficient (Wildman–Crippen LogP) is 2.92. The number of amides is 1. The number of ether oxygens (including phenoxy) is 3. The van der Waals surface area contributed by atoms with E-state index in [0.717, 1.165) is 74.5 Å². The van der Waals surface area contributed by atoms with Gasteiger partial charge in [0.05, 0.1) is 21.3 Å². The third-order valence-corrected chi connectivity index (χ3v) is 8.20. The highest BCUT2D eigenvalue weighted by atomic mass is 32.1. The molecule has 5 rings (SSSR count). The molecule has 37 heavy (non-hydrogen) atoms. The summed E-state index contributed by atoms with van der Waals surface area (Å²) < 4.78 is 18.5. The molecule has 2 aromatic heterocycles. The molecule has 2 aliphatic rings. The molecule has 1 aromatic carbocycles. The third-order valence-electron chi connectivity index (χ3n) is 7.21. The molecule has 2 fully saturated rings. The number of benzene rings is 1. The summed E-state index contributed by atoms with van der Waals surface area (Å²) in [5.41, 5.74) is 1.05. The number of anilines is 1. The van der Waals surface area contributed by atoms with E-state index in [1.54, 1.807) is 32.7 Å². The monoisotopic (exact) mass is 526 g/mol. The Bertz CT molecular complexity index is 1180. The molecule has 0 N–H and O–H groups in total. The van der Waals surface area contributed by atoms with E-state index in [1.165, 1.54) is 0 Å². The van der Waals surface area contributed by atoms with Crippen molar-refractivity contribution < 1.29 is 19.0 Å². The number of hydrogen-bond acceptors (Lipinski definition) is 9. The number of piperazine rings is 1. The van der Waals surface area contributed by atoms with E-state index in [0.29, 0.717) is 17.2 Å². The van der Waals surface area contributed by atoms with Crippen LogP contribution in [0.1, 0.15) is 18.4 Å². The molecule has 0 radical (unpaired) electrons. The van der Waals surface area contributed by atoms with Crippen molar-refractivity contribution in [3.8, 4) is 22.4 Å². The number of piperidine rings is 1. The van der Waals surface area contributed by atoms with Crippen molar-refractivity contribution >= 4 is 22.4 Å². The van der Waals surface area contributed by atoms with Gasteiger partial charge in [0, 0.05) is 69.7 Å². The van der Waals surface area contributed by atoms with Crippen molar-refractivity contribution in [2.75, 3.05) is 65.5 Å². The average molecular weight is 527 g/mol. The molecule has 1 amide bonds. The predicted molar refractivity (Wildman–Crippen MR) is 142 cm³/mol. The SMILES string of the molecule is COc1ccc(CN2CCN(C(=O)C3CCN(c4nnc(-n5cccc5)s4)CC3)CC2)c(OC)c1OC. The molecular formula is C26H34N6O4S. The van der Waals surface area contributed by atoms with Crippen molar-refractivity contribution in [2.45, 2.75) is 19.4 Å². The van der Waals surface area contributed by atoms with E-state index < -0.39 is 0 Å². The number of carbonyl (C=O) groups excluding carboxylic acids is 1. The standard InChI is InChI=1S/C26H34N6O4S/c1-34-21-7-6-20(22(35-2)23(21)36-3)18-29-14-16-30(17-15-29)24(33)19-8-12-32(13-9-19)26-28-27-25(37-26)31-10-4-5-11-31/h4-7,10-11,19H,8-9,12-18H2,1-3H3. The fourth-order valence-corrected chi connectivity index (χ4v) is 6.00. The van der Waals surface area contributed by atoms with Gasteiger partial charge in [0.15, 0.2) is 11.5 Å². The maximum atomic E-state index is 13.3.